The highest BCUT2D eigenvalue weighted by molar-refractivity contribution is 4.85. The highest BCUT2D eigenvalue weighted by Gasteiger charge is 2.31. The zero-order valence-corrected chi connectivity index (χ0v) is 10.9. The number of hydrogen-bond donors (Lipinski definition) is 1. The molecule has 0 saturated heterocycles. The van der Waals surface area contributed by atoms with Crippen LogP contribution in [-0.2, 0) is 0 Å². The molecule has 3 atom stereocenters. The van der Waals surface area contributed by atoms with E-state index in [0.29, 0.717) is 6.04 Å². The number of aliphatic hydroxyl groups is 1. The number of nitrogens with zero attached hydrogens (tertiary/aromatic N) is 1. The van der Waals surface area contributed by atoms with Crippen LogP contribution in [0.3, 0.4) is 0 Å². The van der Waals surface area contributed by atoms with Crippen molar-refractivity contribution in [2.75, 3.05) is 13.1 Å². The minimum Gasteiger partial charge on any atom is -0.393 e. The van der Waals surface area contributed by atoms with Gasteiger partial charge in [-0.15, -0.1) is 0 Å². The van der Waals surface area contributed by atoms with E-state index < -0.39 is 0 Å². The molecule has 2 heteroatoms. The van der Waals surface area contributed by atoms with Crippen molar-refractivity contribution in [3.63, 3.8) is 0 Å². The Balaban J connectivity index is 1.84. The van der Waals surface area contributed by atoms with Gasteiger partial charge in [0.25, 0.3) is 0 Å². The Morgan fingerprint density at radius 1 is 1.19 bits per heavy atom. The number of rotatable bonds is 5. The van der Waals surface area contributed by atoms with Crippen LogP contribution < -0.4 is 0 Å². The molecule has 2 nitrogen and oxygen atoms in total. The molecule has 16 heavy (non-hydrogen) atoms. The van der Waals surface area contributed by atoms with E-state index in [1.54, 1.807) is 0 Å². The predicted molar refractivity (Wildman–Crippen MR) is 67.4 cm³/mol. The summed E-state index contributed by atoms with van der Waals surface area (Å²) >= 11 is 0. The lowest BCUT2D eigenvalue weighted by Gasteiger charge is -2.40. The largest absolute Gasteiger partial charge is 0.393 e. The van der Waals surface area contributed by atoms with Crippen molar-refractivity contribution < 1.29 is 5.11 Å². The molecule has 0 aromatic rings. The molecule has 0 bridgehead atoms. The predicted octanol–water partition coefficient (Wildman–Crippen LogP) is 2.66. The molecular formula is C14H27NO. The highest BCUT2D eigenvalue weighted by atomic mass is 16.3. The van der Waals surface area contributed by atoms with Crippen molar-refractivity contribution in [1.82, 2.24) is 4.90 Å². The maximum atomic E-state index is 9.80. The maximum Gasteiger partial charge on any atom is 0.0555 e. The third-order valence-electron chi connectivity index (χ3n) is 4.52. The zero-order valence-electron chi connectivity index (χ0n) is 10.9. The Kier molecular flexibility index (Phi) is 4.26. The standard InChI is InChI=1S/C14H27NO/c1-3-15(9-8-12-5-6-12)14-10-13(16)7-4-11(14)2/h11-14,16H,3-10H2,1-2H3. The lowest BCUT2D eigenvalue weighted by Crippen LogP contribution is -2.45. The van der Waals surface area contributed by atoms with Crippen LogP contribution >= 0.6 is 0 Å². The minimum absolute atomic E-state index is 0.0452. The average Bonchev–Trinajstić information content (AvgIpc) is 3.07. The van der Waals surface area contributed by atoms with Crippen LogP contribution in [0.1, 0.15) is 52.4 Å². The number of hydrogen-bond acceptors (Lipinski definition) is 2. The maximum absolute atomic E-state index is 9.80. The molecule has 0 radical (unpaired) electrons. The first-order valence-corrected chi connectivity index (χ1v) is 7.12. The zero-order chi connectivity index (χ0) is 11.5. The van der Waals surface area contributed by atoms with E-state index in [-0.39, 0.29) is 6.10 Å². The number of aliphatic hydroxyl groups excluding tert-OH is 1. The van der Waals surface area contributed by atoms with Gasteiger partial charge >= 0.3 is 0 Å². The molecule has 0 spiro atoms. The Hall–Kier alpha value is -0.0800. The summed E-state index contributed by atoms with van der Waals surface area (Å²) in [5.74, 6) is 1.79. The third kappa shape index (κ3) is 3.21. The quantitative estimate of drug-likeness (QED) is 0.777. The van der Waals surface area contributed by atoms with Gasteiger partial charge in [0.15, 0.2) is 0 Å². The highest BCUT2D eigenvalue weighted by Crippen LogP contribution is 2.34. The average molecular weight is 225 g/mol. The molecule has 2 rings (SSSR count). The van der Waals surface area contributed by atoms with Crippen LogP contribution in [0.2, 0.25) is 0 Å². The van der Waals surface area contributed by atoms with E-state index in [9.17, 15) is 5.11 Å². The normalized spacial score (nSPS) is 35.6. The molecule has 2 aliphatic carbocycles. The van der Waals surface area contributed by atoms with E-state index in [0.717, 1.165) is 31.2 Å². The van der Waals surface area contributed by atoms with Gasteiger partial charge in [0.05, 0.1) is 6.10 Å². The fraction of sp³-hybridized carbons (Fsp3) is 1.00. The Labute approximate surface area is 100 Å². The molecule has 0 aromatic carbocycles. The summed E-state index contributed by atoms with van der Waals surface area (Å²) in [5, 5.41) is 9.80. The molecular weight excluding hydrogens is 198 g/mol. The van der Waals surface area contributed by atoms with Gasteiger partial charge in [0.1, 0.15) is 0 Å². The van der Waals surface area contributed by atoms with Gasteiger partial charge in [0.2, 0.25) is 0 Å². The lowest BCUT2D eigenvalue weighted by molar-refractivity contribution is 0.0333. The summed E-state index contributed by atoms with van der Waals surface area (Å²) in [5.41, 5.74) is 0. The summed E-state index contributed by atoms with van der Waals surface area (Å²) in [4.78, 5) is 2.62. The first kappa shape index (κ1) is 12.4. The van der Waals surface area contributed by atoms with Crippen LogP contribution in [0, 0.1) is 11.8 Å². The van der Waals surface area contributed by atoms with Crippen molar-refractivity contribution in [2.24, 2.45) is 11.8 Å². The van der Waals surface area contributed by atoms with Crippen LogP contribution in [0.4, 0.5) is 0 Å². The monoisotopic (exact) mass is 225 g/mol. The van der Waals surface area contributed by atoms with Gasteiger partial charge in [-0.3, -0.25) is 0 Å². The molecule has 94 valence electrons. The van der Waals surface area contributed by atoms with Crippen LogP contribution in [0.25, 0.3) is 0 Å². The first-order chi connectivity index (χ1) is 7.70. The summed E-state index contributed by atoms with van der Waals surface area (Å²) in [6.07, 6.45) is 7.47. The van der Waals surface area contributed by atoms with Crippen molar-refractivity contribution in [2.45, 2.75) is 64.5 Å². The Bertz CT molecular complexity index is 215. The fourth-order valence-electron chi connectivity index (χ4n) is 3.10. The van der Waals surface area contributed by atoms with Gasteiger partial charge in [-0.05, 0) is 50.6 Å². The van der Waals surface area contributed by atoms with E-state index in [4.69, 9.17) is 0 Å². The second-order valence-electron chi connectivity index (χ2n) is 5.87. The first-order valence-electron chi connectivity index (χ1n) is 7.12. The third-order valence-corrected chi connectivity index (χ3v) is 4.52. The minimum atomic E-state index is -0.0452. The summed E-state index contributed by atoms with van der Waals surface area (Å²) in [7, 11) is 0. The second-order valence-corrected chi connectivity index (χ2v) is 5.87. The van der Waals surface area contributed by atoms with E-state index >= 15 is 0 Å². The van der Waals surface area contributed by atoms with Crippen LogP contribution in [-0.4, -0.2) is 35.2 Å². The molecule has 0 aliphatic heterocycles. The molecule has 2 aliphatic rings. The Morgan fingerprint density at radius 2 is 1.94 bits per heavy atom. The van der Waals surface area contributed by atoms with Crippen molar-refractivity contribution >= 4 is 0 Å². The van der Waals surface area contributed by atoms with Crippen molar-refractivity contribution in [1.29, 1.82) is 0 Å². The smallest absolute Gasteiger partial charge is 0.0555 e. The summed E-state index contributed by atoms with van der Waals surface area (Å²) in [6, 6.07) is 0.632. The van der Waals surface area contributed by atoms with Crippen molar-refractivity contribution in [3.05, 3.63) is 0 Å². The van der Waals surface area contributed by atoms with Gasteiger partial charge in [0, 0.05) is 6.04 Å². The second kappa shape index (κ2) is 5.50. The Morgan fingerprint density at radius 3 is 2.56 bits per heavy atom. The van der Waals surface area contributed by atoms with Gasteiger partial charge in [-0.2, -0.15) is 0 Å². The lowest BCUT2D eigenvalue weighted by atomic mass is 9.83. The molecule has 0 aromatic heterocycles. The molecule has 1 N–H and O–H groups in total. The van der Waals surface area contributed by atoms with E-state index in [2.05, 4.69) is 18.7 Å². The molecule has 0 amide bonds. The SMILES string of the molecule is CCN(CCC1CC1)C1CC(O)CCC1C. The van der Waals surface area contributed by atoms with Crippen molar-refractivity contribution in [3.8, 4) is 0 Å². The topological polar surface area (TPSA) is 23.5 Å². The van der Waals surface area contributed by atoms with E-state index in [1.807, 2.05) is 0 Å². The molecule has 0 heterocycles. The van der Waals surface area contributed by atoms with Gasteiger partial charge in [-0.25, -0.2) is 0 Å². The molecule has 2 saturated carbocycles. The molecule has 3 unspecified atom stereocenters. The fourth-order valence-corrected chi connectivity index (χ4v) is 3.10. The molecule has 2 fully saturated rings. The van der Waals surface area contributed by atoms with Gasteiger partial charge < -0.3 is 10.0 Å². The van der Waals surface area contributed by atoms with Gasteiger partial charge in [-0.1, -0.05) is 26.7 Å². The van der Waals surface area contributed by atoms with Crippen LogP contribution in [0.15, 0.2) is 0 Å². The van der Waals surface area contributed by atoms with E-state index in [1.165, 1.54) is 32.2 Å². The summed E-state index contributed by atoms with van der Waals surface area (Å²) < 4.78 is 0. The summed E-state index contributed by atoms with van der Waals surface area (Å²) in [6.45, 7) is 7.02. The van der Waals surface area contributed by atoms with Crippen LogP contribution in [0.5, 0.6) is 0 Å².